The molecule has 1 aromatic carbocycles. The van der Waals surface area contributed by atoms with Crippen LogP contribution in [0.15, 0.2) is 47.2 Å². The van der Waals surface area contributed by atoms with E-state index in [9.17, 15) is 4.79 Å². The molecule has 1 N–H and O–H groups in total. The fraction of sp³-hybridized carbons (Fsp3) is 0.0588. The number of benzene rings is 1. The molecule has 8 heteroatoms. The number of amides is 1. The summed E-state index contributed by atoms with van der Waals surface area (Å²) in [5, 5.41) is 16.4. The van der Waals surface area contributed by atoms with Gasteiger partial charge in [0, 0.05) is 18.0 Å². The molecule has 2 heterocycles. The highest BCUT2D eigenvalue weighted by molar-refractivity contribution is 9.10. The largest absolute Gasteiger partial charge is 0.320 e. The topological polar surface area (TPSA) is 83.6 Å². The van der Waals surface area contributed by atoms with Crippen molar-refractivity contribution in [3.63, 3.8) is 0 Å². The van der Waals surface area contributed by atoms with Crippen molar-refractivity contribution in [2.75, 3.05) is 5.32 Å². The third-order valence-corrected chi connectivity index (χ3v) is 4.14. The molecule has 0 spiro atoms. The average molecular weight is 417 g/mol. The molecule has 0 aliphatic rings. The molecular formula is C17H11BrClN5O. The lowest BCUT2D eigenvalue weighted by Crippen LogP contribution is -2.18. The molecule has 0 saturated carbocycles. The van der Waals surface area contributed by atoms with Crippen molar-refractivity contribution in [3.05, 3.63) is 69.0 Å². The molecule has 124 valence electrons. The SMILES string of the molecule is Cc1cc(C#N)ccc1NC(=O)c1cc(Br)nn1-c1ncccc1Cl. The van der Waals surface area contributed by atoms with E-state index < -0.39 is 0 Å². The Labute approximate surface area is 157 Å². The quantitative estimate of drug-likeness (QED) is 0.696. The van der Waals surface area contributed by atoms with Crippen LogP contribution in [-0.4, -0.2) is 20.7 Å². The van der Waals surface area contributed by atoms with E-state index in [1.807, 2.05) is 6.92 Å². The maximum absolute atomic E-state index is 12.7. The van der Waals surface area contributed by atoms with Crippen LogP contribution < -0.4 is 5.32 Å². The number of hydrogen-bond donors (Lipinski definition) is 1. The minimum Gasteiger partial charge on any atom is -0.320 e. The number of anilines is 1. The second-order valence-electron chi connectivity index (χ2n) is 5.17. The number of carbonyl (C=O) groups excluding carboxylic acids is 1. The molecule has 0 aliphatic carbocycles. The van der Waals surface area contributed by atoms with E-state index in [0.717, 1.165) is 5.56 Å². The van der Waals surface area contributed by atoms with Crippen LogP contribution in [0.2, 0.25) is 5.02 Å². The molecule has 3 aromatic rings. The lowest BCUT2D eigenvalue weighted by Gasteiger charge is -2.10. The molecule has 0 bridgehead atoms. The van der Waals surface area contributed by atoms with E-state index in [1.165, 1.54) is 4.68 Å². The van der Waals surface area contributed by atoms with Crippen LogP contribution in [0, 0.1) is 18.3 Å². The van der Waals surface area contributed by atoms with Crippen molar-refractivity contribution in [1.82, 2.24) is 14.8 Å². The van der Waals surface area contributed by atoms with Crippen LogP contribution in [0.1, 0.15) is 21.6 Å². The number of nitrogens with zero attached hydrogens (tertiary/aromatic N) is 4. The maximum atomic E-state index is 12.7. The Morgan fingerprint density at radius 3 is 2.84 bits per heavy atom. The summed E-state index contributed by atoms with van der Waals surface area (Å²) in [6.45, 7) is 1.82. The Balaban J connectivity index is 1.97. The second kappa shape index (κ2) is 7.05. The van der Waals surface area contributed by atoms with E-state index in [2.05, 4.69) is 37.4 Å². The Bertz CT molecular complexity index is 1010. The Hall–Kier alpha value is -2.69. The smallest absolute Gasteiger partial charge is 0.274 e. The zero-order chi connectivity index (χ0) is 18.0. The average Bonchev–Trinajstić information content (AvgIpc) is 2.98. The van der Waals surface area contributed by atoms with Gasteiger partial charge in [-0.15, -0.1) is 0 Å². The molecule has 0 saturated heterocycles. The monoisotopic (exact) mass is 415 g/mol. The summed E-state index contributed by atoms with van der Waals surface area (Å²) in [4.78, 5) is 16.9. The summed E-state index contributed by atoms with van der Waals surface area (Å²) in [6, 6.07) is 12.1. The number of carbonyl (C=O) groups is 1. The van der Waals surface area contributed by atoms with E-state index in [0.29, 0.717) is 26.7 Å². The number of rotatable bonds is 3. The lowest BCUT2D eigenvalue weighted by atomic mass is 10.1. The molecular weight excluding hydrogens is 406 g/mol. The molecule has 0 unspecified atom stereocenters. The number of halogens is 2. The van der Waals surface area contributed by atoms with Gasteiger partial charge in [-0.25, -0.2) is 9.67 Å². The molecule has 1 amide bonds. The normalized spacial score (nSPS) is 10.3. The van der Waals surface area contributed by atoms with E-state index >= 15 is 0 Å². The van der Waals surface area contributed by atoms with Gasteiger partial charge in [0.25, 0.3) is 5.91 Å². The number of aryl methyl sites for hydroxylation is 1. The molecule has 25 heavy (non-hydrogen) atoms. The van der Waals surface area contributed by atoms with Gasteiger partial charge < -0.3 is 5.32 Å². The summed E-state index contributed by atoms with van der Waals surface area (Å²) < 4.78 is 1.86. The first kappa shape index (κ1) is 17.1. The number of hydrogen-bond acceptors (Lipinski definition) is 4. The van der Waals surface area contributed by atoms with Gasteiger partial charge in [-0.2, -0.15) is 10.4 Å². The van der Waals surface area contributed by atoms with Crippen LogP contribution in [0.3, 0.4) is 0 Å². The molecule has 0 aliphatic heterocycles. The van der Waals surface area contributed by atoms with Crippen molar-refractivity contribution in [2.24, 2.45) is 0 Å². The zero-order valence-corrected chi connectivity index (χ0v) is 15.3. The molecule has 0 fully saturated rings. The molecule has 2 aromatic heterocycles. The van der Waals surface area contributed by atoms with Crippen molar-refractivity contribution in [3.8, 4) is 11.9 Å². The fourth-order valence-electron chi connectivity index (χ4n) is 2.27. The Kier molecular flexibility index (Phi) is 4.83. The van der Waals surface area contributed by atoms with Crippen LogP contribution in [0.25, 0.3) is 5.82 Å². The van der Waals surface area contributed by atoms with E-state index in [-0.39, 0.29) is 11.6 Å². The fourth-order valence-corrected chi connectivity index (χ4v) is 2.85. The van der Waals surface area contributed by atoms with Gasteiger partial charge in [0.15, 0.2) is 5.82 Å². The van der Waals surface area contributed by atoms with Crippen molar-refractivity contribution in [2.45, 2.75) is 6.92 Å². The van der Waals surface area contributed by atoms with E-state index in [1.54, 1.807) is 42.6 Å². The third kappa shape index (κ3) is 3.55. The van der Waals surface area contributed by atoms with E-state index in [4.69, 9.17) is 16.9 Å². The maximum Gasteiger partial charge on any atom is 0.274 e. The summed E-state index contributed by atoms with van der Waals surface area (Å²) in [7, 11) is 0. The van der Waals surface area contributed by atoms with Crippen LogP contribution >= 0.6 is 27.5 Å². The molecule has 3 rings (SSSR count). The first-order valence-corrected chi connectivity index (χ1v) is 8.35. The van der Waals surface area contributed by atoms with Crippen LogP contribution in [0.5, 0.6) is 0 Å². The lowest BCUT2D eigenvalue weighted by molar-refractivity contribution is 0.101. The predicted molar refractivity (Wildman–Crippen MR) is 97.9 cm³/mol. The number of nitrogens with one attached hydrogen (secondary N) is 1. The Morgan fingerprint density at radius 2 is 2.16 bits per heavy atom. The third-order valence-electron chi connectivity index (χ3n) is 3.46. The van der Waals surface area contributed by atoms with Crippen molar-refractivity contribution < 1.29 is 4.79 Å². The predicted octanol–water partition coefficient (Wildman–Crippen LogP) is 4.12. The minimum atomic E-state index is -0.368. The zero-order valence-electron chi connectivity index (χ0n) is 13.0. The highest BCUT2D eigenvalue weighted by atomic mass is 79.9. The summed E-state index contributed by atoms with van der Waals surface area (Å²) in [5.74, 6) is -0.00991. The molecule has 6 nitrogen and oxygen atoms in total. The second-order valence-corrected chi connectivity index (χ2v) is 6.39. The van der Waals surface area contributed by atoms with Gasteiger partial charge in [-0.3, -0.25) is 4.79 Å². The van der Waals surface area contributed by atoms with Crippen LogP contribution in [-0.2, 0) is 0 Å². The van der Waals surface area contributed by atoms with Gasteiger partial charge in [-0.1, -0.05) is 11.6 Å². The highest BCUT2D eigenvalue weighted by Gasteiger charge is 2.19. The standard InChI is InChI=1S/C17H11BrClN5O/c1-10-7-11(9-20)4-5-13(10)22-17(25)14-8-15(18)23-24(14)16-12(19)3-2-6-21-16/h2-8H,1H3,(H,22,25). The number of pyridine rings is 1. The summed E-state index contributed by atoms with van der Waals surface area (Å²) in [6.07, 6.45) is 1.57. The summed E-state index contributed by atoms with van der Waals surface area (Å²) >= 11 is 9.44. The van der Waals surface area contributed by atoms with Crippen molar-refractivity contribution in [1.29, 1.82) is 5.26 Å². The molecule has 0 radical (unpaired) electrons. The molecule has 0 atom stereocenters. The first-order valence-electron chi connectivity index (χ1n) is 7.18. The number of nitriles is 1. The minimum absolute atomic E-state index is 0.274. The van der Waals surface area contributed by atoms with Gasteiger partial charge in [0.05, 0.1) is 16.7 Å². The number of aromatic nitrogens is 3. The van der Waals surface area contributed by atoms with Gasteiger partial charge >= 0.3 is 0 Å². The first-order chi connectivity index (χ1) is 12.0. The van der Waals surface area contributed by atoms with Gasteiger partial charge in [-0.05, 0) is 58.7 Å². The van der Waals surface area contributed by atoms with Gasteiger partial charge in [0.2, 0.25) is 0 Å². The highest BCUT2D eigenvalue weighted by Crippen LogP contribution is 2.23. The Morgan fingerprint density at radius 1 is 1.36 bits per heavy atom. The van der Waals surface area contributed by atoms with Crippen LogP contribution in [0.4, 0.5) is 5.69 Å². The summed E-state index contributed by atoms with van der Waals surface area (Å²) in [5.41, 5.74) is 2.20. The van der Waals surface area contributed by atoms with Gasteiger partial charge in [0.1, 0.15) is 10.3 Å². The van der Waals surface area contributed by atoms with Crippen molar-refractivity contribution >= 4 is 39.1 Å².